The summed E-state index contributed by atoms with van der Waals surface area (Å²) in [4.78, 5) is 4.45. The van der Waals surface area contributed by atoms with Gasteiger partial charge in [0.25, 0.3) is 0 Å². The summed E-state index contributed by atoms with van der Waals surface area (Å²) in [7, 11) is 0. The lowest BCUT2D eigenvalue weighted by Crippen LogP contribution is -1.92. The summed E-state index contributed by atoms with van der Waals surface area (Å²) < 4.78 is 1.67. The van der Waals surface area contributed by atoms with E-state index in [9.17, 15) is 0 Å². The highest BCUT2D eigenvalue weighted by Gasteiger charge is 2.05. The number of hydrogen-bond acceptors (Lipinski definition) is 1. The fourth-order valence-electron chi connectivity index (χ4n) is 1.89. The second kappa shape index (κ2) is 4.72. The first kappa shape index (κ1) is 11.1. The Balaban J connectivity index is 2.12. The van der Waals surface area contributed by atoms with Crippen LogP contribution in [0, 0.1) is 24.3 Å². The molecule has 0 fully saturated rings. The average molecular weight is 242 g/mol. The molecule has 3 aromatic rings. The molecule has 0 radical (unpaired) electrons. The third-order valence-electron chi connectivity index (χ3n) is 2.78. The number of nitrogens with zero attached hydrogens (tertiary/aromatic N) is 2. The molecule has 1 aromatic heterocycles. The Labute approximate surface area is 111 Å². The van der Waals surface area contributed by atoms with Crippen LogP contribution in [0.3, 0.4) is 0 Å². The molecule has 0 amide bonds. The Hall–Kier alpha value is -2.97. The molecule has 0 bridgehead atoms. The van der Waals surface area contributed by atoms with Gasteiger partial charge in [-0.05, 0) is 30.2 Å². The van der Waals surface area contributed by atoms with E-state index < -0.39 is 0 Å². The minimum Gasteiger partial charge on any atom is -0.244 e. The van der Waals surface area contributed by atoms with Crippen LogP contribution >= 0.6 is 0 Å². The van der Waals surface area contributed by atoms with Crippen LogP contribution in [-0.2, 0) is 0 Å². The lowest BCUT2D eigenvalue weighted by atomic mass is 10.2. The molecule has 0 spiro atoms. The number of terminal acetylenes is 1. The molecule has 0 saturated carbocycles. The number of hydrogen-bond donors (Lipinski definition) is 0. The lowest BCUT2D eigenvalue weighted by molar-refractivity contribution is 1.11. The Kier molecular flexibility index (Phi) is 2.77. The van der Waals surface area contributed by atoms with Crippen LogP contribution in [0.4, 0.5) is 0 Å². The van der Waals surface area contributed by atoms with Gasteiger partial charge < -0.3 is 0 Å². The highest BCUT2D eigenvalue weighted by Crippen LogP contribution is 2.14. The SMILES string of the molecule is C#Cn1c(C#Cc2ccccc2)nc2ccccc21. The van der Waals surface area contributed by atoms with Gasteiger partial charge in [0.15, 0.2) is 5.82 Å². The molecule has 0 aliphatic heterocycles. The summed E-state index contributed by atoms with van der Waals surface area (Å²) in [6, 6.07) is 20.1. The Bertz CT molecular complexity index is 824. The summed E-state index contributed by atoms with van der Waals surface area (Å²) >= 11 is 0. The molecule has 0 atom stereocenters. The van der Waals surface area contributed by atoms with Gasteiger partial charge in [0, 0.05) is 11.6 Å². The summed E-state index contributed by atoms with van der Waals surface area (Å²) in [5.41, 5.74) is 2.71. The molecule has 0 unspecified atom stereocenters. The summed E-state index contributed by atoms with van der Waals surface area (Å²) in [5.74, 6) is 6.69. The van der Waals surface area contributed by atoms with Crippen LogP contribution in [-0.4, -0.2) is 9.55 Å². The molecule has 2 aromatic carbocycles. The summed E-state index contributed by atoms with van der Waals surface area (Å²) in [5, 5.41) is 0. The van der Waals surface area contributed by atoms with Crippen molar-refractivity contribution in [2.24, 2.45) is 0 Å². The summed E-state index contributed by atoms with van der Waals surface area (Å²) in [6.45, 7) is 0. The maximum Gasteiger partial charge on any atom is 0.198 e. The molecule has 1 heterocycles. The number of aromatic nitrogens is 2. The zero-order valence-corrected chi connectivity index (χ0v) is 10.2. The first-order valence-corrected chi connectivity index (χ1v) is 5.89. The van der Waals surface area contributed by atoms with Crippen LogP contribution in [0.25, 0.3) is 11.0 Å². The second-order valence-electron chi connectivity index (χ2n) is 4.00. The van der Waals surface area contributed by atoms with E-state index in [1.807, 2.05) is 54.6 Å². The zero-order valence-electron chi connectivity index (χ0n) is 10.2. The van der Waals surface area contributed by atoms with Crippen molar-refractivity contribution in [3.05, 3.63) is 66.0 Å². The molecular formula is C17H10N2. The first-order valence-electron chi connectivity index (χ1n) is 5.89. The Morgan fingerprint density at radius 1 is 0.895 bits per heavy atom. The summed E-state index contributed by atoms with van der Waals surface area (Å²) in [6.07, 6.45) is 5.54. The van der Waals surface area contributed by atoms with Crippen molar-refractivity contribution in [3.63, 3.8) is 0 Å². The van der Waals surface area contributed by atoms with E-state index in [-0.39, 0.29) is 0 Å². The van der Waals surface area contributed by atoms with Crippen molar-refractivity contribution in [3.8, 4) is 24.3 Å². The van der Waals surface area contributed by atoms with E-state index in [4.69, 9.17) is 6.42 Å². The quantitative estimate of drug-likeness (QED) is 0.554. The van der Waals surface area contributed by atoms with Gasteiger partial charge >= 0.3 is 0 Å². The van der Waals surface area contributed by atoms with Crippen molar-refractivity contribution in [1.29, 1.82) is 0 Å². The fourth-order valence-corrected chi connectivity index (χ4v) is 1.89. The predicted octanol–water partition coefficient (Wildman–Crippen LogP) is 2.87. The van der Waals surface area contributed by atoms with Crippen molar-refractivity contribution < 1.29 is 0 Å². The van der Waals surface area contributed by atoms with Crippen LogP contribution in [0.15, 0.2) is 54.6 Å². The molecular weight excluding hydrogens is 232 g/mol. The highest BCUT2D eigenvalue weighted by molar-refractivity contribution is 5.77. The monoisotopic (exact) mass is 242 g/mol. The third-order valence-corrected chi connectivity index (χ3v) is 2.78. The molecule has 88 valence electrons. The van der Waals surface area contributed by atoms with Gasteiger partial charge in [0.05, 0.1) is 11.0 Å². The van der Waals surface area contributed by atoms with Crippen molar-refractivity contribution in [2.45, 2.75) is 0 Å². The minimum atomic E-state index is 0.590. The fraction of sp³-hybridized carbons (Fsp3) is 0. The molecule has 0 aliphatic carbocycles. The second-order valence-corrected chi connectivity index (χ2v) is 4.00. The standard InChI is InChI=1S/C17H10N2/c1-2-19-16-11-7-6-10-15(16)18-17(19)13-12-14-8-4-3-5-9-14/h1,3-11H. The third kappa shape index (κ3) is 2.08. The maximum atomic E-state index is 5.54. The van der Waals surface area contributed by atoms with E-state index in [0.717, 1.165) is 16.6 Å². The van der Waals surface area contributed by atoms with Gasteiger partial charge in [-0.2, -0.15) is 0 Å². The zero-order chi connectivity index (χ0) is 13.1. The van der Waals surface area contributed by atoms with Gasteiger partial charge in [0.1, 0.15) is 0 Å². The number of rotatable bonds is 0. The minimum absolute atomic E-state index is 0.590. The molecule has 19 heavy (non-hydrogen) atoms. The van der Waals surface area contributed by atoms with E-state index >= 15 is 0 Å². The Morgan fingerprint density at radius 2 is 1.63 bits per heavy atom. The van der Waals surface area contributed by atoms with Gasteiger partial charge in [-0.15, -0.1) is 0 Å². The molecule has 0 aliphatic rings. The normalized spacial score (nSPS) is 9.63. The lowest BCUT2D eigenvalue weighted by Gasteiger charge is -1.93. The van der Waals surface area contributed by atoms with E-state index in [0.29, 0.717) is 5.82 Å². The Morgan fingerprint density at radius 3 is 2.42 bits per heavy atom. The topological polar surface area (TPSA) is 17.8 Å². The van der Waals surface area contributed by atoms with Crippen molar-refractivity contribution >= 4 is 11.0 Å². The van der Waals surface area contributed by atoms with Crippen LogP contribution in [0.5, 0.6) is 0 Å². The van der Waals surface area contributed by atoms with E-state index in [2.05, 4.69) is 22.9 Å². The van der Waals surface area contributed by atoms with E-state index in [1.54, 1.807) is 4.57 Å². The molecule has 0 saturated heterocycles. The van der Waals surface area contributed by atoms with Crippen LogP contribution in [0.2, 0.25) is 0 Å². The van der Waals surface area contributed by atoms with Crippen molar-refractivity contribution in [1.82, 2.24) is 9.55 Å². The van der Waals surface area contributed by atoms with Gasteiger partial charge in [-0.1, -0.05) is 42.7 Å². The van der Waals surface area contributed by atoms with E-state index in [1.165, 1.54) is 0 Å². The number of para-hydroxylation sites is 2. The first-order chi connectivity index (χ1) is 9.38. The van der Waals surface area contributed by atoms with Crippen LogP contribution < -0.4 is 0 Å². The molecule has 3 rings (SSSR count). The highest BCUT2D eigenvalue weighted by atomic mass is 15.1. The van der Waals surface area contributed by atoms with Gasteiger partial charge in [-0.3, -0.25) is 0 Å². The molecule has 2 heteroatoms. The largest absolute Gasteiger partial charge is 0.244 e. The molecule has 2 nitrogen and oxygen atoms in total. The van der Waals surface area contributed by atoms with Crippen LogP contribution in [0.1, 0.15) is 11.4 Å². The van der Waals surface area contributed by atoms with Gasteiger partial charge in [-0.25, -0.2) is 9.55 Å². The number of imidazole rings is 1. The smallest absolute Gasteiger partial charge is 0.198 e. The predicted molar refractivity (Wildman–Crippen MR) is 76.4 cm³/mol. The average Bonchev–Trinajstić information content (AvgIpc) is 2.83. The molecule has 0 N–H and O–H groups in total. The van der Waals surface area contributed by atoms with Gasteiger partial charge in [0.2, 0.25) is 0 Å². The maximum absolute atomic E-state index is 5.54. The number of fused-ring (bicyclic) bond motifs is 1. The van der Waals surface area contributed by atoms with Crippen molar-refractivity contribution in [2.75, 3.05) is 0 Å². The number of benzene rings is 2.